The molecule has 0 bridgehead atoms. The van der Waals surface area contributed by atoms with Crippen molar-refractivity contribution in [2.45, 2.75) is 26.8 Å². The van der Waals surface area contributed by atoms with E-state index in [1.165, 1.54) is 0 Å². The summed E-state index contributed by atoms with van der Waals surface area (Å²) in [7, 11) is 0. The molecule has 0 spiro atoms. The van der Waals surface area contributed by atoms with E-state index in [1.807, 2.05) is 36.1 Å². The third-order valence-electron chi connectivity index (χ3n) is 5.94. The normalized spacial score (nSPS) is 12.6. The zero-order valence-corrected chi connectivity index (χ0v) is 19.9. The summed E-state index contributed by atoms with van der Waals surface area (Å²) >= 11 is 0. The third kappa shape index (κ3) is 5.69. The van der Waals surface area contributed by atoms with Crippen LogP contribution in [-0.2, 0) is 22.5 Å². The summed E-state index contributed by atoms with van der Waals surface area (Å²) in [5.41, 5.74) is 4.68. The van der Waals surface area contributed by atoms with Crippen molar-refractivity contribution >= 4 is 23.5 Å². The lowest BCUT2D eigenvalue weighted by Crippen LogP contribution is -2.37. The van der Waals surface area contributed by atoms with E-state index in [-0.39, 0.29) is 18.4 Å². The first-order chi connectivity index (χ1) is 17.0. The van der Waals surface area contributed by atoms with Gasteiger partial charge in [-0.05, 0) is 67.8 Å². The number of hydrogen-bond acceptors (Lipinski definition) is 5. The number of nitrogens with one attached hydrogen (secondary N) is 1. The lowest BCUT2D eigenvalue weighted by atomic mass is 9.97. The second-order valence-corrected chi connectivity index (χ2v) is 8.32. The van der Waals surface area contributed by atoms with E-state index < -0.39 is 5.97 Å². The van der Waals surface area contributed by atoms with Crippen LogP contribution in [0.4, 0.5) is 5.69 Å². The Morgan fingerprint density at radius 2 is 1.77 bits per heavy atom. The van der Waals surface area contributed by atoms with Gasteiger partial charge in [0.2, 0.25) is 0 Å². The highest BCUT2D eigenvalue weighted by Gasteiger charge is 2.27. The van der Waals surface area contributed by atoms with Gasteiger partial charge in [0.1, 0.15) is 5.75 Å². The maximum absolute atomic E-state index is 13.1. The van der Waals surface area contributed by atoms with Crippen LogP contribution in [0, 0.1) is 6.92 Å². The van der Waals surface area contributed by atoms with Gasteiger partial charge in [0, 0.05) is 29.9 Å². The Labute approximate surface area is 204 Å². The summed E-state index contributed by atoms with van der Waals surface area (Å²) in [5.74, 6) is -0.241. The van der Waals surface area contributed by atoms with E-state index in [4.69, 9.17) is 9.47 Å². The lowest BCUT2D eigenvalue weighted by molar-refractivity contribution is -0.118. The summed E-state index contributed by atoms with van der Waals surface area (Å²) in [4.78, 5) is 39.2. The molecule has 2 amide bonds. The predicted octanol–water partition coefficient (Wildman–Crippen LogP) is 4.39. The summed E-state index contributed by atoms with van der Waals surface area (Å²) in [5, 5.41) is 2.75. The molecule has 1 aliphatic rings. The predicted molar refractivity (Wildman–Crippen MR) is 133 cm³/mol. The standard InChI is InChI=1S/C28H28N2O5/c1-3-34-28(33)20-11-13-22(14-12-20)29-26(31)18-35-25-10-6-9-24-23(25)15-16-30(27(24)32)17-21-8-5-4-7-19(21)2/h4-14H,3,15-18H2,1-2H3,(H,29,31). The van der Waals surface area contributed by atoms with E-state index in [0.29, 0.717) is 48.7 Å². The number of nitrogens with zero attached hydrogens (tertiary/aromatic N) is 1. The van der Waals surface area contributed by atoms with Gasteiger partial charge in [0.05, 0.1) is 12.2 Å². The number of esters is 1. The Morgan fingerprint density at radius 1 is 1.00 bits per heavy atom. The highest BCUT2D eigenvalue weighted by atomic mass is 16.5. The van der Waals surface area contributed by atoms with Crippen molar-refractivity contribution in [2.24, 2.45) is 0 Å². The highest BCUT2D eigenvalue weighted by molar-refractivity contribution is 5.97. The number of anilines is 1. The number of hydrogen-bond donors (Lipinski definition) is 1. The molecule has 0 radical (unpaired) electrons. The molecule has 3 aromatic rings. The first kappa shape index (κ1) is 24.0. The lowest BCUT2D eigenvalue weighted by Gasteiger charge is -2.30. The van der Waals surface area contributed by atoms with Crippen molar-refractivity contribution in [1.29, 1.82) is 0 Å². The van der Waals surface area contributed by atoms with Crippen LogP contribution in [0.5, 0.6) is 5.75 Å². The highest BCUT2D eigenvalue weighted by Crippen LogP contribution is 2.29. The zero-order valence-electron chi connectivity index (χ0n) is 19.9. The minimum atomic E-state index is -0.408. The smallest absolute Gasteiger partial charge is 0.338 e. The molecule has 0 atom stereocenters. The number of rotatable bonds is 8. The van der Waals surface area contributed by atoms with E-state index in [9.17, 15) is 14.4 Å². The van der Waals surface area contributed by atoms with Crippen LogP contribution in [0.3, 0.4) is 0 Å². The van der Waals surface area contributed by atoms with Crippen LogP contribution in [-0.4, -0.2) is 42.4 Å². The third-order valence-corrected chi connectivity index (χ3v) is 5.94. The molecule has 0 saturated heterocycles. The van der Waals surface area contributed by atoms with Crippen molar-refractivity contribution in [1.82, 2.24) is 4.90 Å². The molecule has 180 valence electrons. The molecule has 0 saturated carbocycles. The minimum Gasteiger partial charge on any atom is -0.483 e. The molecule has 0 aromatic heterocycles. The molecule has 3 aromatic carbocycles. The summed E-state index contributed by atoms with van der Waals surface area (Å²) in [6, 6.07) is 19.9. The van der Waals surface area contributed by atoms with Gasteiger partial charge in [-0.2, -0.15) is 0 Å². The molecule has 1 heterocycles. The number of fused-ring (bicyclic) bond motifs is 1. The van der Waals surface area contributed by atoms with Gasteiger partial charge in [-0.3, -0.25) is 9.59 Å². The van der Waals surface area contributed by atoms with Crippen LogP contribution < -0.4 is 10.1 Å². The minimum absolute atomic E-state index is 0.0360. The summed E-state index contributed by atoms with van der Waals surface area (Å²) < 4.78 is 10.8. The number of benzene rings is 3. The molecule has 0 unspecified atom stereocenters. The molecule has 0 fully saturated rings. The Bertz CT molecular complexity index is 1240. The van der Waals surface area contributed by atoms with Gasteiger partial charge in [-0.25, -0.2) is 4.79 Å². The first-order valence-electron chi connectivity index (χ1n) is 11.6. The van der Waals surface area contributed by atoms with Crippen LogP contribution >= 0.6 is 0 Å². The summed E-state index contributed by atoms with van der Waals surface area (Å²) in [6.45, 7) is 5.04. The molecule has 1 aliphatic heterocycles. The fourth-order valence-electron chi connectivity index (χ4n) is 4.07. The molecular weight excluding hydrogens is 444 g/mol. The topological polar surface area (TPSA) is 84.9 Å². The van der Waals surface area contributed by atoms with Gasteiger partial charge in [0.25, 0.3) is 11.8 Å². The van der Waals surface area contributed by atoms with Gasteiger partial charge in [0.15, 0.2) is 6.61 Å². The molecule has 35 heavy (non-hydrogen) atoms. The average Bonchev–Trinajstić information content (AvgIpc) is 2.86. The number of carbonyl (C=O) groups excluding carboxylic acids is 3. The second kappa shape index (κ2) is 10.9. The van der Waals surface area contributed by atoms with E-state index in [2.05, 4.69) is 5.32 Å². The van der Waals surface area contributed by atoms with Gasteiger partial charge < -0.3 is 19.7 Å². The van der Waals surface area contributed by atoms with Crippen molar-refractivity contribution in [3.8, 4) is 5.75 Å². The SMILES string of the molecule is CCOC(=O)c1ccc(NC(=O)COc2cccc3c2CCN(Cc2ccccc2C)C3=O)cc1. The van der Waals surface area contributed by atoms with Gasteiger partial charge >= 0.3 is 5.97 Å². The zero-order chi connectivity index (χ0) is 24.8. The van der Waals surface area contributed by atoms with Crippen LogP contribution in [0.1, 0.15) is 44.3 Å². The van der Waals surface area contributed by atoms with Gasteiger partial charge in [-0.15, -0.1) is 0 Å². The first-order valence-corrected chi connectivity index (χ1v) is 11.6. The largest absolute Gasteiger partial charge is 0.483 e. The monoisotopic (exact) mass is 472 g/mol. The van der Waals surface area contributed by atoms with Crippen LogP contribution in [0.25, 0.3) is 0 Å². The Morgan fingerprint density at radius 3 is 2.51 bits per heavy atom. The maximum Gasteiger partial charge on any atom is 0.338 e. The Balaban J connectivity index is 1.37. The molecule has 0 aliphatic carbocycles. The maximum atomic E-state index is 13.1. The number of aryl methyl sites for hydroxylation is 1. The molecule has 7 nitrogen and oxygen atoms in total. The Hall–Kier alpha value is -4.13. The van der Waals surface area contributed by atoms with E-state index in [0.717, 1.165) is 16.7 Å². The van der Waals surface area contributed by atoms with Crippen molar-refractivity contribution in [3.63, 3.8) is 0 Å². The van der Waals surface area contributed by atoms with Crippen molar-refractivity contribution < 1.29 is 23.9 Å². The average molecular weight is 473 g/mol. The molecular formula is C28H28N2O5. The summed E-state index contributed by atoms with van der Waals surface area (Å²) in [6.07, 6.45) is 0.653. The molecule has 7 heteroatoms. The van der Waals surface area contributed by atoms with Crippen LogP contribution in [0.15, 0.2) is 66.7 Å². The Kier molecular flexibility index (Phi) is 7.45. The molecule has 4 rings (SSSR count). The number of amides is 2. The second-order valence-electron chi connectivity index (χ2n) is 8.32. The van der Waals surface area contributed by atoms with E-state index in [1.54, 1.807) is 49.4 Å². The number of carbonyl (C=O) groups is 3. The van der Waals surface area contributed by atoms with E-state index >= 15 is 0 Å². The fourth-order valence-corrected chi connectivity index (χ4v) is 4.07. The fraction of sp³-hybridized carbons (Fsp3) is 0.250. The molecule has 1 N–H and O–H groups in total. The van der Waals surface area contributed by atoms with Crippen molar-refractivity contribution in [2.75, 3.05) is 25.1 Å². The number of ether oxygens (including phenoxy) is 2. The van der Waals surface area contributed by atoms with Crippen LogP contribution in [0.2, 0.25) is 0 Å². The van der Waals surface area contributed by atoms with Crippen molar-refractivity contribution in [3.05, 3.63) is 94.5 Å². The van der Waals surface area contributed by atoms with Gasteiger partial charge in [-0.1, -0.05) is 30.3 Å². The quantitative estimate of drug-likeness (QED) is 0.492.